The normalized spacial score (nSPS) is 18.5. The lowest BCUT2D eigenvalue weighted by molar-refractivity contribution is -0.117. The summed E-state index contributed by atoms with van der Waals surface area (Å²) in [5.41, 5.74) is 1.08. The molecule has 5 nitrogen and oxygen atoms in total. The lowest BCUT2D eigenvalue weighted by Crippen LogP contribution is -2.44. The molecule has 26 heavy (non-hydrogen) atoms. The number of amides is 1. The van der Waals surface area contributed by atoms with Crippen LogP contribution in [0.25, 0.3) is 0 Å². The third-order valence-corrected chi connectivity index (χ3v) is 6.30. The lowest BCUT2D eigenvalue weighted by atomic mass is 10.1. The van der Waals surface area contributed by atoms with Crippen LogP contribution in [0, 0.1) is 5.82 Å². The third kappa shape index (κ3) is 4.34. The first-order valence-electron chi connectivity index (χ1n) is 8.12. The summed E-state index contributed by atoms with van der Waals surface area (Å²) in [6.45, 7) is -0.0865. The van der Waals surface area contributed by atoms with Crippen molar-refractivity contribution in [1.82, 2.24) is 0 Å². The maximum atomic E-state index is 13.1. The van der Waals surface area contributed by atoms with E-state index in [1.165, 1.54) is 17.0 Å². The molecule has 1 aliphatic heterocycles. The molecule has 0 aromatic heterocycles. The van der Waals surface area contributed by atoms with Gasteiger partial charge in [0, 0.05) is 5.69 Å². The van der Waals surface area contributed by atoms with Crippen LogP contribution in [0.15, 0.2) is 48.5 Å². The van der Waals surface area contributed by atoms with Crippen LogP contribution in [-0.2, 0) is 14.6 Å². The Morgan fingerprint density at radius 2 is 1.96 bits per heavy atom. The number of hydrogen-bond donors (Lipinski definition) is 1. The van der Waals surface area contributed by atoms with E-state index in [0.29, 0.717) is 17.8 Å². The van der Waals surface area contributed by atoms with E-state index >= 15 is 0 Å². The topological polar surface area (TPSA) is 66.5 Å². The second kappa shape index (κ2) is 7.63. The molecule has 0 saturated carbocycles. The largest absolute Gasteiger partial charge is 0.375 e. The summed E-state index contributed by atoms with van der Waals surface area (Å²) in [7, 11) is -3.14. The number of benzene rings is 2. The highest BCUT2D eigenvalue weighted by atomic mass is 35.5. The summed E-state index contributed by atoms with van der Waals surface area (Å²) >= 11 is 5.97. The van der Waals surface area contributed by atoms with Crippen molar-refractivity contribution in [3.63, 3.8) is 0 Å². The molecule has 1 fully saturated rings. The first-order chi connectivity index (χ1) is 12.4. The number of carbonyl (C=O) groups is 1. The molecule has 1 N–H and O–H groups in total. The van der Waals surface area contributed by atoms with Crippen molar-refractivity contribution in [2.75, 3.05) is 28.3 Å². The van der Waals surface area contributed by atoms with Gasteiger partial charge in [0.05, 0.1) is 34.8 Å². The first kappa shape index (κ1) is 18.7. The van der Waals surface area contributed by atoms with Crippen LogP contribution in [0.4, 0.5) is 15.8 Å². The van der Waals surface area contributed by atoms with Crippen molar-refractivity contribution in [3.8, 4) is 0 Å². The van der Waals surface area contributed by atoms with E-state index in [2.05, 4.69) is 5.32 Å². The Kier molecular flexibility index (Phi) is 5.48. The van der Waals surface area contributed by atoms with Gasteiger partial charge < -0.3 is 10.2 Å². The summed E-state index contributed by atoms with van der Waals surface area (Å²) in [6, 6.07) is 12.4. The van der Waals surface area contributed by atoms with Crippen molar-refractivity contribution >= 4 is 38.7 Å². The molecule has 3 rings (SSSR count). The summed E-state index contributed by atoms with van der Waals surface area (Å²) in [5, 5.41) is 3.07. The van der Waals surface area contributed by atoms with Crippen molar-refractivity contribution in [2.24, 2.45) is 0 Å². The van der Waals surface area contributed by atoms with E-state index < -0.39 is 21.7 Å². The average molecular weight is 397 g/mol. The summed E-state index contributed by atoms with van der Waals surface area (Å²) in [5.74, 6) is -0.719. The third-order valence-electron chi connectivity index (χ3n) is 4.24. The van der Waals surface area contributed by atoms with Crippen LogP contribution in [0.1, 0.15) is 6.42 Å². The molecule has 8 heteroatoms. The fourth-order valence-electron chi connectivity index (χ4n) is 3.01. The maximum Gasteiger partial charge on any atom is 0.246 e. The fraction of sp³-hybridized carbons (Fsp3) is 0.278. The Bertz CT molecular complexity index is 906. The van der Waals surface area contributed by atoms with Gasteiger partial charge in [-0.15, -0.1) is 0 Å². The number of nitrogens with zero attached hydrogens (tertiary/aromatic N) is 1. The minimum atomic E-state index is -3.14. The zero-order valence-corrected chi connectivity index (χ0v) is 15.4. The van der Waals surface area contributed by atoms with E-state index in [-0.39, 0.29) is 29.0 Å². The second-order valence-electron chi connectivity index (χ2n) is 6.13. The number of rotatable bonds is 5. The molecule has 2 aromatic carbocycles. The summed E-state index contributed by atoms with van der Waals surface area (Å²) < 4.78 is 36.8. The predicted molar refractivity (Wildman–Crippen MR) is 101 cm³/mol. The van der Waals surface area contributed by atoms with Gasteiger partial charge in [-0.3, -0.25) is 4.79 Å². The van der Waals surface area contributed by atoms with E-state index in [4.69, 9.17) is 11.6 Å². The molecule has 1 heterocycles. The van der Waals surface area contributed by atoms with Crippen LogP contribution in [0.3, 0.4) is 0 Å². The van der Waals surface area contributed by atoms with Gasteiger partial charge in [-0.2, -0.15) is 0 Å². The SMILES string of the molecule is O=C(CNc1ccc(F)cc1Cl)N(c1ccccc1)C1CCS(=O)(=O)C1. The van der Waals surface area contributed by atoms with E-state index in [1.807, 2.05) is 6.07 Å². The highest BCUT2D eigenvalue weighted by Crippen LogP contribution is 2.26. The zero-order chi connectivity index (χ0) is 18.7. The molecule has 1 amide bonds. The Balaban J connectivity index is 1.79. The van der Waals surface area contributed by atoms with Gasteiger partial charge in [0.1, 0.15) is 5.82 Å². The molecule has 1 aliphatic rings. The van der Waals surface area contributed by atoms with Crippen molar-refractivity contribution in [1.29, 1.82) is 0 Å². The predicted octanol–water partition coefficient (Wildman–Crippen LogP) is 3.11. The molecule has 1 atom stereocenters. The monoisotopic (exact) mass is 396 g/mol. The molecule has 0 aliphatic carbocycles. The van der Waals surface area contributed by atoms with Gasteiger partial charge in [0.15, 0.2) is 9.84 Å². The molecular weight excluding hydrogens is 379 g/mol. The van der Waals surface area contributed by atoms with E-state index in [1.54, 1.807) is 24.3 Å². The number of hydrogen-bond acceptors (Lipinski definition) is 4. The number of nitrogens with one attached hydrogen (secondary N) is 1. The highest BCUT2D eigenvalue weighted by molar-refractivity contribution is 7.91. The lowest BCUT2D eigenvalue weighted by Gasteiger charge is -2.28. The van der Waals surface area contributed by atoms with Gasteiger partial charge in [-0.1, -0.05) is 29.8 Å². The van der Waals surface area contributed by atoms with E-state index in [0.717, 1.165) is 6.07 Å². The maximum absolute atomic E-state index is 13.1. The molecular formula is C18H18ClFN2O3S. The molecule has 0 radical (unpaired) electrons. The Morgan fingerprint density at radius 1 is 1.23 bits per heavy atom. The molecule has 0 bridgehead atoms. The van der Waals surface area contributed by atoms with Crippen LogP contribution in [0.2, 0.25) is 5.02 Å². The smallest absolute Gasteiger partial charge is 0.246 e. The van der Waals surface area contributed by atoms with E-state index in [9.17, 15) is 17.6 Å². The minimum absolute atomic E-state index is 0.0507. The van der Waals surface area contributed by atoms with Gasteiger partial charge in [0.2, 0.25) is 5.91 Å². The Hall–Kier alpha value is -2.12. The Morgan fingerprint density at radius 3 is 2.58 bits per heavy atom. The average Bonchev–Trinajstić information content (AvgIpc) is 2.95. The van der Waals surface area contributed by atoms with Crippen LogP contribution >= 0.6 is 11.6 Å². The van der Waals surface area contributed by atoms with Gasteiger partial charge in [0.25, 0.3) is 0 Å². The molecule has 138 valence electrons. The molecule has 2 aromatic rings. The zero-order valence-electron chi connectivity index (χ0n) is 13.9. The van der Waals surface area contributed by atoms with Gasteiger partial charge in [-0.05, 0) is 36.8 Å². The Labute approximate surface area is 156 Å². The van der Waals surface area contributed by atoms with Gasteiger partial charge >= 0.3 is 0 Å². The van der Waals surface area contributed by atoms with Crippen molar-refractivity contribution in [3.05, 3.63) is 59.4 Å². The van der Waals surface area contributed by atoms with Gasteiger partial charge in [-0.25, -0.2) is 12.8 Å². The quantitative estimate of drug-likeness (QED) is 0.843. The molecule has 0 spiro atoms. The van der Waals surface area contributed by atoms with Crippen molar-refractivity contribution in [2.45, 2.75) is 12.5 Å². The standard InChI is InChI=1S/C18H18ClFN2O3S/c19-16-10-13(20)6-7-17(16)21-11-18(23)22(14-4-2-1-3-5-14)15-8-9-26(24,25)12-15/h1-7,10,15,21H,8-9,11-12H2. The number of para-hydroxylation sites is 1. The summed E-state index contributed by atoms with van der Waals surface area (Å²) in [6.07, 6.45) is 0.403. The van der Waals surface area contributed by atoms with Crippen LogP contribution < -0.4 is 10.2 Å². The number of carbonyl (C=O) groups excluding carboxylic acids is 1. The number of anilines is 2. The minimum Gasteiger partial charge on any atom is -0.375 e. The highest BCUT2D eigenvalue weighted by Gasteiger charge is 2.35. The number of sulfone groups is 1. The van der Waals surface area contributed by atoms with Crippen LogP contribution in [-0.4, -0.2) is 38.4 Å². The summed E-state index contributed by atoms with van der Waals surface area (Å²) in [4.78, 5) is 14.4. The first-order valence-corrected chi connectivity index (χ1v) is 10.3. The second-order valence-corrected chi connectivity index (χ2v) is 8.77. The molecule has 1 unspecified atom stereocenters. The molecule has 1 saturated heterocycles. The fourth-order valence-corrected chi connectivity index (χ4v) is 4.95. The van der Waals surface area contributed by atoms with Crippen LogP contribution in [0.5, 0.6) is 0 Å². The van der Waals surface area contributed by atoms with Crippen molar-refractivity contribution < 1.29 is 17.6 Å². The number of halogens is 2.